The number of benzene rings is 2. The fraction of sp³-hybridized carbons (Fsp3) is 0.381. The van der Waals surface area contributed by atoms with Crippen molar-refractivity contribution >= 4 is 6.03 Å². The van der Waals surface area contributed by atoms with Gasteiger partial charge in [0.05, 0.1) is 0 Å². The number of urea groups is 1. The van der Waals surface area contributed by atoms with E-state index < -0.39 is 0 Å². The lowest BCUT2D eigenvalue weighted by Crippen LogP contribution is -2.51. The maximum Gasteiger partial charge on any atom is 0.317 e. The summed E-state index contributed by atoms with van der Waals surface area (Å²) >= 11 is 0. The van der Waals surface area contributed by atoms with Gasteiger partial charge in [-0.1, -0.05) is 18.2 Å². The second-order valence-electron chi connectivity index (χ2n) is 7.05. The van der Waals surface area contributed by atoms with Gasteiger partial charge in [-0.25, -0.2) is 9.18 Å². The second-order valence-corrected chi connectivity index (χ2v) is 7.05. The Labute approximate surface area is 163 Å². The summed E-state index contributed by atoms with van der Waals surface area (Å²) in [5.74, 6) is 1.26. The van der Waals surface area contributed by atoms with Gasteiger partial charge in [-0.15, -0.1) is 0 Å². The number of carbonyl (C=O) groups is 1. The number of halogens is 1. The molecule has 0 unspecified atom stereocenters. The zero-order valence-electron chi connectivity index (χ0n) is 15.7. The zero-order valence-corrected chi connectivity index (χ0v) is 15.7. The Balaban J connectivity index is 1.19. The first kappa shape index (κ1) is 18.6. The maximum atomic E-state index is 13.0. The third-order valence-electron chi connectivity index (χ3n) is 5.17. The highest BCUT2D eigenvalue weighted by Crippen LogP contribution is 2.32. The number of amides is 2. The van der Waals surface area contributed by atoms with Gasteiger partial charge in [0.1, 0.15) is 5.82 Å². The van der Waals surface area contributed by atoms with Gasteiger partial charge in [-0.3, -0.25) is 4.90 Å². The maximum absolute atomic E-state index is 13.0. The van der Waals surface area contributed by atoms with E-state index in [1.807, 2.05) is 35.2 Å². The Hall–Kier alpha value is -2.80. The van der Waals surface area contributed by atoms with Crippen molar-refractivity contribution in [2.75, 3.05) is 39.5 Å². The zero-order chi connectivity index (χ0) is 19.3. The van der Waals surface area contributed by atoms with Crippen LogP contribution in [0.25, 0.3) is 0 Å². The fourth-order valence-corrected chi connectivity index (χ4v) is 3.45. The lowest BCUT2D eigenvalue weighted by atomic mass is 10.1. The van der Waals surface area contributed by atoms with Crippen LogP contribution in [0.5, 0.6) is 11.5 Å². The van der Waals surface area contributed by atoms with E-state index in [2.05, 4.69) is 10.2 Å². The number of hydrogen-bond donors (Lipinski definition) is 1. The first-order chi connectivity index (χ1) is 13.7. The van der Waals surface area contributed by atoms with E-state index >= 15 is 0 Å². The molecule has 148 valence electrons. The van der Waals surface area contributed by atoms with E-state index in [1.54, 1.807) is 0 Å². The quantitative estimate of drug-likeness (QED) is 0.860. The monoisotopic (exact) mass is 385 g/mol. The minimum absolute atomic E-state index is 0.0455. The highest BCUT2D eigenvalue weighted by molar-refractivity contribution is 5.74. The molecule has 0 aliphatic carbocycles. The van der Waals surface area contributed by atoms with Crippen LogP contribution in [-0.2, 0) is 13.0 Å². The summed E-state index contributed by atoms with van der Waals surface area (Å²) in [5, 5.41) is 2.97. The number of carbonyl (C=O) groups excluding carboxylic acids is 1. The third kappa shape index (κ3) is 4.54. The van der Waals surface area contributed by atoms with Crippen LogP contribution in [0.15, 0.2) is 42.5 Å². The van der Waals surface area contributed by atoms with Crippen molar-refractivity contribution in [2.24, 2.45) is 0 Å². The van der Waals surface area contributed by atoms with Gasteiger partial charge in [0.15, 0.2) is 11.5 Å². The molecule has 4 rings (SSSR count). The fourth-order valence-electron chi connectivity index (χ4n) is 3.45. The van der Waals surface area contributed by atoms with Crippen molar-refractivity contribution in [1.29, 1.82) is 0 Å². The Morgan fingerprint density at radius 3 is 2.46 bits per heavy atom. The summed E-state index contributed by atoms with van der Waals surface area (Å²) < 4.78 is 23.6. The summed E-state index contributed by atoms with van der Waals surface area (Å²) in [7, 11) is 0. The summed E-state index contributed by atoms with van der Waals surface area (Å²) in [6, 6.07) is 12.3. The smallest absolute Gasteiger partial charge is 0.317 e. The number of piperazine rings is 1. The highest BCUT2D eigenvalue weighted by Gasteiger charge is 2.21. The van der Waals surface area contributed by atoms with Crippen molar-refractivity contribution in [3.63, 3.8) is 0 Å². The molecule has 0 atom stereocenters. The van der Waals surface area contributed by atoms with E-state index in [0.717, 1.165) is 48.7 Å². The Morgan fingerprint density at radius 2 is 1.68 bits per heavy atom. The van der Waals surface area contributed by atoms with E-state index in [9.17, 15) is 9.18 Å². The molecule has 2 aromatic carbocycles. The van der Waals surface area contributed by atoms with Gasteiger partial charge in [0.2, 0.25) is 6.79 Å². The lowest BCUT2D eigenvalue weighted by Gasteiger charge is -2.34. The number of nitrogens with zero attached hydrogens (tertiary/aromatic N) is 2. The minimum atomic E-state index is -0.205. The van der Waals surface area contributed by atoms with E-state index in [4.69, 9.17) is 9.47 Å². The summed E-state index contributed by atoms with van der Waals surface area (Å²) in [6.45, 7) is 4.72. The molecular formula is C21H24FN3O3. The highest BCUT2D eigenvalue weighted by atomic mass is 19.1. The topological polar surface area (TPSA) is 54.0 Å². The van der Waals surface area contributed by atoms with Crippen LogP contribution >= 0.6 is 0 Å². The second kappa shape index (κ2) is 8.48. The molecule has 1 N–H and O–H groups in total. The molecular weight excluding hydrogens is 361 g/mol. The normalized spacial score (nSPS) is 16.2. The lowest BCUT2D eigenvalue weighted by molar-refractivity contribution is 0.140. The SMILES string of the molecule is O=C(NCc1ccc2c(c1)OCO2)N1CCN(CCc2ccc(F)cc2)CC1. The Kier molecular flexibility index (Phi) is 5.62. The molecule has 0 saturated carbocycles. The van der Waals surface area contributed by atoms with Gasteiger partial charge < -0.3 is 19.7 Å². The minimum Gasteiger partial charge on any atom is -0.454 e. The van der Waals surface area contributed by atoms with Gasteiger partial charge in [0.25, 0.3) is 0 Å². The molecule has 0 aromatic heterocycles. The number of fused-ring (bicyclic) bond motifs is 1. The van der Waals surface area contributed by atoms with E-state index in [1.165, 1.54) is 12.1 Å². The van der Waals surface area contributed by atoms with Gasteiger partial charge >= 0.3 is 6.03 Å². The molecule has 1 saturated heterocycles. The number of hydrogen-bond acceptors (Lipinski definition) is 4. The molecule has 7 heteroatoms. The molecule has 2 aliphatic rings. The number of rotatable bonds is 5. The average Bonchev–Trinajstić information content (AvgIpc) is 3.20. The molecule has 0 bridgehead atoms. The molecule has 2 aliphatic heterocycles. The molecule has 0 spiro atoms. The van der Waals surface area contributed by atoms with Crippen LogP contribution < -0.4 is 14.8 Å². The number of ether oxygens (including phenoxy) is 2. The van der Waals surface area contributed by atoms with Crippen molar-refractivity contribution in [2.45, 2.75) is 13.0 Å². The van der Waals surface area contributed by atoms with Crippen LogP contribution in [-0.4, -0.2) is 55.3 Å². The number of nitrogens with one attached hydrogen (secondary N) is 1. The van der Waals surface area contributed by atoms with E-state index in [-0.39, 0.29) is 18.6 Å². The summed E-state index contributed by atoms with van der Waals surface area (Å²) in [6.07, 6.45) is 0.886. The van der Waals surface area contributed by atoms with Gasteiger partial charge in [-0.05, 0) is 41.8 Å². The van der Waals surface area contributed by atoms with Gasteiger partial charge in [-0.2, -0.15) is 0 Å². The molecule has 28 heavy (non-hydrogen) atoms. The predicted molar refractivity (Wildman–Crippen MR) is 103 cm³/mol. The summed E-state index contributed by atoms with van der Waals surface area (Å²) in [4.78, 5) is 16.6. The van der Waals surface area contributed by atoms with Crippen LogP contribution in [0.2, 0.25) is 0 Å². The van der Waals surface area contributed by atoms with Crippen molar-refractivity contribution in [3.8, 4) is 11.5 Å². The van der Waals surface area contributed by atoms with Crippen LogP contribution in [0.1, 0.15) is 11.1 Å². The largest absolute Gasteiger partial charge is 0.454 e. The van der Waals surface area contributed by atoms with Crippen LogP contribution in [0, 0.1) is 5.82 Å². The van der Waals surface area contributed by atoms with E-state index in [0.29, 0.717) is 19.6 Å². The molecule has 6 nitrogen and oxygen atoms in total. The Bertz CT molecular complexity index is 820. The molecule has 1 fully saturated rings. The third-order valence-corrected chi connectivity index (χ3v) is 5.17. The average molecular weight is 385 g/mol. The summed E-state index contributed by atoms with van der Waals surface area (Å²) in [5.41, 5.74) is 2.11. The molecule has 2 amide bonds. The van der Waals surface area contributed by atoms with Crippen molar-refractivity contribution in [3.05, 3.63) is 59.4 Å². The molecule has 2 heterocycles. The standard InChI is InChI=1S/C21H24FN3O3/c22-18-4-1-16(2-5-18)7-8-24-9-11-25(12-10-24)21(26)23-14-17-3-6-19-20(13-17)28-15-27-19/h1-6,13H,7-12,14-15H2,(H,23,26). The first-order valence-corrected chi connectivity index (χ1v) is 9.55. The van der Waals surface area contributed by atoms with Crippen LogP contribution in [0.4, 0.5) is 9.18 Å². The molecule has 2 aromatic rings. The van der Waals surface area contributed by atoms with Crippen LogP contribution in [0.3, 0.4) is 0 Å². The molecule has 0 radical (unpaired) electrons. The predicted octanol–water partition coefficient (Wildman–Crippen LogP) is 2.62. The van der Waals surface area contributed by atoms with Crippen molar-refractivity contribution < 1.29 is 18.7 Å². The van der Waals surface area contributed by atoms with Crippen molar-refractivity contribution in [1.82, 2.24) is 15.1 Å². The Morgan fingerprint density at radius 1 is 0.964 bits per heavy atom. The van der Waals surface area contributed by atoms with Gasteiger partial charge in [0, 0.05) is 39.3 Å². The first-order valence-electron chi connectivity index (χ1n) is 9.55.